The van der Waals surface area contributed by atoms with E-state index in [1.807, 2.05) is 48.1 Å². The summed E-state index contributed by atoms with van der Waals surface area (Å²) in [5.74, 6) is 0.629. The van der Waals surface area contributed by atoms with Crippen LogP contribution in [-0.4, -0.2) is 27.3 Å². The summed E-state index contributed by atoms with van der Waals surface area (Å²) in [6.07, 6.45) is 3.91. The van der Waals surface area contributed by atoms with Crippen LogP contribution >= 0.6 is 11.3 Å². The Morgan fingerprint density at radius 1 is 1.13 bits per heavy atom. The van der Waals surface area contributed by atoms with Gasteiger partial charge >= 0.3 is 0 Å². The highest BCUT2D eigenvalue weighted by atomic mass is 32.1. The molecule has 0 radical (unpaired) electrons. The first-order valence-corrected chi connectivity index (χ1v) is 10.9. The average Bonchev–Trinajstić information content (AvgIpc) is 3.38. The molecule has 0 unspecified atom stereocenters. The predicted octanol–water partition coefficient (Wildman–Crippen LogP) is 4.88. The Labute approximate surface area is 185 Å². The summed E-state index contributed by atoms with van der Waals surface area (Å²) in [4.78, 5) is 18.3. The van der Waals surface area contributed by atoms with Gasteiger partial charge in [0.15, 0.2) is 0 Å². The number of benzene rings is 2. The van der Waals surface area contributed by atoms with Crippen molar-refractivity contribution in [1.82, 2.24) is 14.8 Å². The minimum Gasteiger partial charge on any atom is -0.492 e. The number of carbonyl (C=O) groups is 1. The molecule has 0 aliphatic carbocycles. The number of aromatic nitrogens is 3. The fourth-order valence-corrected chi connectivity index (χ4v) is 4.19. The van der Waals surface area contributed by atoms with Crippen molar-refractivity contribution < 1.29 is 9.53 Å². The molecule has 0 aliphatic heterocycles. The van der Waals surface area contributed by atoms with E-state index >= 15 is 0 Å². The number of anilines is 1. The molecule has 2 heterocycles. The van der Waals surface area contributed by atoms with Crippen LogP contribution in [0.3, 0.4) is 0 Å². The van der Waals surface area contributed by atoms with E-state index in [-0.39, 0.29) is 12.3 Å². The first-order valence-electron chi connectivity index (χ1n) is 10.1. The molecule has 158 valence electrons. The summed E-state index contributed by atoms with van der Waals surface area (Å²) >= 11 is 1.56. The number of ether oxygens (including phenoxy) is 1. The van der Waals surface area contributed by atoms with Crippen molar-refractivity contribution >= 4 is 22.9 Å². The molecule has 4 rings (SSSR count). The maximum atomic E-state index is 12.7. The Kier molecular flexibility index (Phi) is 6.43. The Balaban J connectivity index is 1.38. The van der Waals surface area contributed by atoms with E-state index in [0.29, 0.717) is 24.6 Å². The molecule has 2 aromatic carbocycles. The maximum Gasteiger partial charge on any atom is 0.229 e. The average molecular weight is 433 g/mol. The Morgan fingerprint density at radius 2 is 1.97 bits per heavy atom. The van der Waals surface area contributed by atoms with Crippen molar-refractivity contribution in [2.75, 3.05) is 11.9 Å². The van der Waals surface area contributed by atoms with Crippen LogP contribution in [0.25, 0.3) is 11.3 Å². The molecular formula is C24H24N4O2S. The van der Waals surface area contributed by atoms with Crippen molar-refractivity contribution in [2.45, 2.75) is 26.8 Å². The zero-order chi connectivity index (χ0) is 21.6. The first kappa shape index (κ1) is 20.8. The summed E-state index contributed by atoms with van der Waals surface area (Å²) in [5.41, 5.74) is 3.82. The quantitative estimate of drug-likeness (QED) is 0.431. The van der Waals surface area contributed by atoms with Gasteiger partial charge in [0.2, 0.25) is 5.91 Å². The zero-order valence-electron chi connectivity index (χ0n) is 17.5. The van der Waals surface area contributed by atoms with E-state index in [0.717, 1.165) is 21.1 Å². The minimum absolute atomic E-state index is 0.0781. The minimum atomic E-state index is -0.0781. The third kappa shape index (κ3) is 5.58. The smallest absolute Gasteiger partial charge is 0.229 e. The SMILES string of the molecule is Cc1ccc(-c2nc(C)sc2CC(=O)Nc2cccc(OCCn3cccn3)c2)cc1. The van der Waals surface area contributed by atoms with Gasteiger partial charge in [-0.1, -0.05) is 35.9 Å². The lowest BCUT2D eigenvalue weighted by molar-refractivity contribution is -0.115. The van der Waals surface area contributed by atoms with E-state index in [9.17, 15) is 4.79 Å². The zero-order valence-corrected chi connectivity index (χ0v) is 18.4. The normalized spacial score (nSPS) is 10.8. The Morgan fingerprint density at radius 3 is 2.74 bits per heavy atom. The summed E-state index contributed by atoms with van der Waals surface area (Å²) in [6.45, 7) is 5.18. The van der Waals surface area contributed by atoms with Gasteiger partial charge in [0.05, 0.1) is 23.7 Å². The second kappa shape index (κ2) is 9.57. The number of hydrogen-bond acceptors (Lipinski definition) is 5. The number of thiazole rings is 1. The Bertz CT molecular complexity index is 1150. The predicted molar refractivity (Wildman–Crippen MR) is 124 cm³/mol. The van der Waals surface area contributed by atoms with Crippen LogP contribution in [0.2, 0.25) is 0 Å². The highest BCUT2D eigenvalue weighted by molar-refractivity contribution is 7.12. The monoisotopic (exact) mass is 432 g/mol. The number of amides is 1. The molecule has 0 saturated heterocycles. The van der Waals surface area contributed by atoms with Crippen LogP contribution in [0, 0.1) is 13.8 Å². The number of nitrogens with zero attached hydrogens (tertiary/aromatic N) is 3. The van der Waals surface area contributed by atoms with Crippen LogP contribution in [0.1, 0.15) is 15.4 Å². The van der Waals surface area contributed by atoms with Crippen molar-refractivity contribution in [1.29, 1.82) is 0 Å². The highest BCUT2D eigenvalue weighted by Gasteiger charge is 2.15. The molecular weight excluding hydrogens is 408 g/mol. The lowest BCUT2D eigenvalue weighted by atomic mass is 10.1. The van der Waals surface area contributed by atoms with E-state index in [2.05, 4.69) is 46.6 Å². The van der Waals surface area contributed by atoms with Gasteiger partial charge in [0, 0.05) is 34.6 Å². The van der Waals surface area contributed by atoms with E-state index < -0.39 is 0 Å². The second-order valence-electron chi connectivity index (χ2n) is 7.24. The summed E-state index contributed by atoms with van der Waals surface area (Å²) in [7, 11) is 0. The fraction of sp³-hybridized carbons (Fsp3) is 0.208. The van der Waals surface area contributed by atoms with E-state index in [1.165, 1.54) is 5.56 Å². The molecule has 2 aromatic heterocycles. The molecule has 6 nitrogen and oxygen atoms in total. The third-order valence-electron chi connectivity index (χ3n) is 4.72. The topological polar surface area (TPSA) is 69.0 Å². The van der Waals surface area contributed by atoms with Gasteiger partial charge in [0.25, 0.3) is 0 Å². The molecule has 1 N–H and O–H groups in total. The molecule has 0 bridgehead atoms. The van der Waals surface area contributed by atoms with Crippen molar-refractivity contribution in [3.8, 4) is 17.0 Å². The number of carbonyl (C=O) groups excluding carboxylic acids is 1. The van der Waals surface area contributed by atoms with Crippen molar-refractivity contribution in [2.24, 2.45) is 0 Å². The molecule has 0 fully saturated rings. The largest absolute Gasteiger partial charge is 0.492 e. The summed E-state index contributed by atoms with van der Waals surface area (Å²) < 4.78 is 7.60. The number of rotatable bonds is 8. The van der Waals surface area contributed by atoms with Gasteiger partial charge in [-0.15, -0.1) is 11.3 Å². The summed E-state index contributed by atoms with van der Waals surface area (Å²) in [6, 6.07) is 17.5. The number of nitrogens with one attached hydrogen (secondary N) is 1. The van der Waals surface area contributed by atoms with Crippen LogP contribution in [0.4, 0.5) is 5.69 Å². The standard InChI is InChI=1S/C24H24N4O2S/c1-17-7-9-19(10-8-17)24-22(31-18(2)26-24)16-23(29)27-20-5-3-6-21(15-20)30-14-13-28-12-4-11-25-28/h3-12,15H,13-14,16H2,1-2H3,(H,27,29). The number of hydrogen-bond donors (Lipinski definition) is 1. The van der Waals surface area contributed by atoms with Gasteiger partial charge in [-0.25, -0.2) is 4.98 Å². The maximum absolute atomic E-state index is 12.7. The van der Waals surface area contributed by atoms with Crippen LogP contribution < -0.4 is 10.1 Å². The molecule has 7 heteroatoms. The van der Waals surface area contributed by atoms with Gasteiger partial charge < -0.3 is 10.1 Å². The molecule has 4 aromatic rings. The van der Waals surface area contributed by atoms with E-state index in [4.69, 9.17) is 4.74 Å². The van der Waals surface area contributed by atoms with Crippen LogP contribution in [-0.2, 0) is 17.8 Å². The first-order chi connectivity index (χ1) is 15.1. The van der Waals surface area contributed by atoms with Crippen molar-refractivity contribution in [3.63, 3.8) is 0 Å². The van der Waals surface area contributed by atoms with Crippen LogP contribution in [0.5, 0.6) is 5.75 Å². The highest BCUT2D eigenvalue weighted by Crippen LogP contribution is 2.29. The van der Waals surface area contributed by atoms with Gasteiger partial charge in [0.1, 0.15) is 12.4 Å². The molecule has 0 aliphatic rings. The van der Waals surface area contributed by atoms with Crippen LogP contribution in [0.15, 0.2) is 67.0 Å². The Hall–Kier alpha value is -3.45. The molecule has 0 atom stereocenters. The molecule has 0 saturated carbocycles. The number of aryl methyl sites for hydroxylation is 2. The lowest BCUT2D eigenvalue weighted by Gasteiger charge is -2.09. The van der Waals surface area contributed by atoms with Gasteiger partial charge in [-0.05, 0) is 32.0 Å². The second-order valence-corrected chi connectivity index (χ2v) is 8.53. The molecule has 1 amide bonds. The van der Waals surface area contributed by atoms with E-state index in [1.54, 1.807) is 17.5 Å². The fourth-order valence-electron chi connectivity index (χ4n) is 3.23. The van der Waals surface area contributed by atoms with Crippen molar-refractivity contribution in [3.05, 3.63) is 82.4 Å². The van der Waals surface area contributed by atoms with Gasteiger partial charge in [-0.2, -0.15) is 5.10 Å². The molecule has 31 heavy (non-hydrogen) atoms. The third-order valence-corrected chi connectivity index (χ3v) is 5.69. The summed E-state index contributed by atoms with van der Waals surface area (Å²) in [5, 5.41) is 8.08. The lowest BCUT2D eigenvalue weighted by Crippen LogP contribution is -2.14. The molecule has 0 spiro atoms. The van der Waals surface area contributed by atoms with Gasteiger partial charge in [-0.3, -0.25) is 9.48 Å².